The molecule has 1 aromatic carbocycles. The largest absolute Gasteiger partial charge is 0.320 e. The van der Waals surface area contributed by atoms with Gasteiger partial charge in [0.25, 0.3) is 5.56 Å². The molecule has 4 rings (SSSR count). The molecular formula is C24H24N2O2S. The Hall–Kier alpha value is -2.71. The normalized spacial score (nSPS) is 19.7. The van der Waals surface area contributed by atoms with Crippen molar-refractivity contribution in [3.63, 3.8) is 0 Å². The second-order valence-electron chi connectivity index (χ2n) is 7.62. The molecular weight excluding hydrogens is 380 g/mol. The molecule has 0 spiro atoms. The van der Waals surface area contributed by atoms with Gasteiger partial charge >= 0.3 is 0 Å². The Labute approximate surface area is 175 Å². The quantitative estimate of drug-likeness (QED) is 0.792. The number of allylic oxidation sites excluding steroid dienone is 1. The number of thioether (sulfide) groups is 1. The number of pyridine rings is 1. The van der Waals surface area contributed by atoms with Crippen molar-refractivity contribution >= 4 is 17.7 Å². The smallest absolute Gasteiger partial charge is 0.251 e. The summed E-state index contributed by atoms with van der Waals surface area (Å²) in [7, 11) is 0. The van der Waals surface area contributed by atoms with Crippen LogP contribution >= 0.6 is 11.8 Å². The zero-order chi connectivity index (χ0) is 20.4. The predicted molar refractivity (Wildman–Crippen MR) is 118 cm³/mol. The van der Waals surface area contributed by atoms with Crippen LogP contribution in [0.4, 0.5) is 0 Å². The summed E-state index contributed by atoms with van der Waals surface area (Å²) in [5.41, 5.74) is 3.86. The van der Waals surface area contributed by atoms with E-state index in [1.807, 2.05) is 50.3 Å². The van der Waals surface area contributed by atoms with E-state index in [0.29, 0.717) is 18.9 Å². The molecule has 4 nitrogen and oxygen atoms in total. The summed E-state index contributed by atoms with van der Waals surface area (Å²) in [6, 6.07) is 11.8. The topological polar surface area (TPSA) is 51.1 Å². The average molecular weight is 405 g/mol. The van der Waals surface area contributed by atoms with Crippen LogP contribution in [0.25, 0.3) is 0 Å². The van der Waals surface area contributed by atoms with Gasteiger partial charge in [-0.05, 0) is 62.4 Å². The molecule has 1 saturated heterocycles. The molecule has 29 heavy (non-hydrogen) atoms. The molecule has 2 heterocycles. The van der Waals surface area contributed by atoms with Gasteiger partial charge < -0.3 is 9.88 Å². The van der Waals surface area contributed by atoms with Gasteiger partial charge in [0.2, 0.25) is 5.91 Å². The molecule has 2 aliphatic rings. The maximum absolute atomic E-state index is 12.7. The van der Waals surface area contributed by atoms with Crippen LogP contribution in [0, 0.1) is 24.7 Å². The standard InChI is InChI=1S/C24H24N2O2S/c1-3-22-25-24(28)21(29-22)13-20-12-16(2)26(23(27)14-20)15-19-10-8-18(9-11-19)7-6-17-4-5-17/h3,8-12,14,17,21H,4-5,13,15H2,1-2H3,(H,25,28)/b22-3-. The molecule has 1 saturated carbocycles. The fourth-order valence-electron chi connectivity index (χ4n) is 3.33. The molecule has 1 N–H and O–H groups in total. The summed E-state index contributed by atoms with van der Waals surface area (Å²) in [4.78, 5) is 24.8. The Bertz CT molecular complexity index is 1080. The highest BCUT2D eigenvalue weighted by Gasteiger charge is 2.28. The first-order chi connectivity index (χ1) is 14.0. The molecule has 148 valence electrons. The maximum Gasteiger partial charge on any atom is 0.251 e. The van der Waals surface area contributed by atoms with E-state index in [4.69, 9.17) is 0 Å². The number of aromatic nitrogens is 1. The van der Waals surface area contributed by atoms with E-state index >= 15 is 0 Å². The van der Waals surface area contributed by atoms with Gasteiger partial charge in [-0.25, -0.2) is 0 Å². The Kier molecular flexibility index (Phi) is 5.64. The summed E-state index contributed by atoms with van der Waals surface area (Å²) < 4.78 is 1.77. The van der Waals surface area contributed by atoms with Gasteiger partial charge in [-0.3, -0.25) is 9.59 Å². The molecule has 5 heteroatoms. The minimum absolute atomic E-state index is 0.00908. The third-order valence-electron chi connectivity index (χ3n) is 5.18. The first-order valence-electron chi connectivity index (χ1n) is 9.96. The summed E-state index contributed by atoms with van der Waals surface area (Å²) in [6.07, 6.45) is 4.90. The van der Waals surface area contributed by atoms with Crippen LogP contribution in [0.3, 0.4) is 0 Å². The zero-order valence-corrected chi connectivity index (χ0v) is 17.5. The molecule has 1 atom stereocenters. The van der Waals surface area contributed by atoms with Crippen molar-refractivity contribution in [2.75, 3.05) is 0 Å². The lowest BCUT2D eigenvalue weighted by atomic mass is 10.1. The number of nitrogens with one attached hydrogen (secondary N) is 1. The van der Waals surface area contributed by atoms with E-state index in [1.165, 1.54) is 24.6 Å². The molecule has 1 amide bonds. The Morgan fingerprint density at radius 2 is 1.93 bits per heavy atom. The van der Waals surface area contributed by atoms with Crippen LogP contribution < -0.4 is 10.9 Å². The minimum atomic E-state index is -0.180. The fraction of sp³-hybridized carbons (Fsp3) is 0.333. The van der Waals surface area contributed by atoms with Crippen molar-refractivity contribution in [2.45, 2.75) is 44.9 Å². The Morgan fingerprint density at radius 3 is 2.55 bits per heavy atom. The molecule has 1 aliphatic heterocycles. The van der Waals surface area contributed by atoms with Gasteiger partial charge in [-0.2, -0.15) is 0 Å². The second-order valence-corrected chi connectivity index (χ2v) is 8.87. The zero-order valence-electron chi connectivity index (χ0n) is 16.7. The van der Waals surface area contributed by atoms with Crippen LogP contribution in [0.1, 0.15) is 42.1 Å². The minimum Gasteiger partial charge on any atom is -0.320 e. The third-order valence-corrected chi connectivity index (χ3v) is 6.44. The first kappa shape index (κ1) is 19.6. The van der Waals surface area contributed by atoms with Crippen molar-refractivity contribution in [1.82, 2.24) is 9.88 Å². The SMILES string of the molecule is C/C=C1/NC(=O)C(Cc2cc(C)n(Cc3ccc(C#CC4CC4)cc3)c(=O)c2)S1. The number of nitrogens with zero attached hydrogens (tertiary/aromatic N) is 1. The van der Waals surface area contributed by atoms with E-state index < -0.39 is 0 Å². The molecule has 0 bridgehead atoms. The fourth-order valence-corrected chi connectivity index (χ4v) is 4.38. The van der Waals surface area contributed by atoms with Gasteiger partial charge in [0.1, 0.15) is 0 Å². The van der Waals surface area contributed by atoms with Crippen molar-refractivity contribution in [1.29, 1.82) is 0 Å². The van der Waals surface area contributed by atoms with Crippen LogP contribution in [-0.4, -0.2) is 15.7 Å². The number of carbonyl (C=O) groups is 1. The van der Waals surface area contributed by atoms with Gasteiger partial charge in [-0.1, -0.05) is 41.8 Å². The average Bonchev–Trinajstić information content (AvgIpc) is 3.47. The van der Waals surface area contributed by atoms with Crippen molar-refractivity contribution in [3.8, 4) is 11.8 Å². The molecule has 1 unspecified atom stereocenters. The van der Waals surface area contributed by atoms with Crippen LogP contribution in [0.5, 0.6) is 0 Å². The van der Waals surface area contributed by atoms with Gasteiger partial charge in [-0.15, -0.1) is 0 Å². The first-order valence-corrected chi connectivity index (χ1v) is 10.8. The molecule has 0 radical (unpaired) electrons. The van der Waals surface area contributed by atoms with Crippen LogP contribution in [0.2, 0.25) is 0 Å². The number of rotatable bonds is 4. The molecule has 2 aromatic rings. The number of hydrogen-bond donors (Lipinski definition) is 1. The van der Waals surface area contributed by atoms with E-state index in [-0.39, 0.29) is 16.7 Å². The lowest BCUT2D eigenvalue weighted by molar-refractivity contribution is -0.119. The Morgan fingerprint density at radius 1 is 1.17 bits per heavy atom. The number of carbonyl (C=O) groups excluding carboxylic acids is 1. The van der Waals surface area contributed by atoms with Crippen molar-refractivity contribution in [2.24, 2.45) is 5.92 Å². The number of hydrogen-bond acceptors (Lipinski definition) is 3. The lowest BCUT2D eigenvalue weighted by Gasteiger charge is -2.13. The van der Waals surface area contributed by atoms with Crippen LogP contribution in [-0.2, 0) is 17.8 Å². The van der Waals surface area contributed by atoms with Gasteiger partial charge in [0, 0.05) is 23.2 Å². The number of amides is 1. The maximum atomic E-state index is 12.7. The van der Waals surface area contributed by atoms with Crippen molar-refractivity contribution < 1.29 is 4.79 Å². The van der Waals surface area contributed by atoms with E-state index in [9.17, 15) is 9.59 Å². The molecule has 2 fully saturated rings. The van der Waals surface area contributed by atoms with E-state index in [1.54, 1.807) is 10.6 Å². The van der Waals surface area contributed by atoms with E-state index in [0.717, 1.165) is 27.4 Å². The summed E-state index contributed by atoms with van der Waals surface area (Å²) in [5, 5.41) is 3.57. The second kappa shape index (κ2) is 8.34. The molecule has 1 aliphatic carbocycles. The highest BCUT2D eigenvalue weighted by molar-refractivity contribution is 8.04. The third kappa shape index (κ3) is 4.83. The van der Waals surface area contributed by atoms with Gasteiger partial charge in [0.05, 0.1) is 16.8 Å². The van der Waals surface area contributed by atoms with Gasteiger partial charge in [0.15, 0.2) is 0 Å². The monoisotopic (exact) mass is 404 g/mol. The lowest BCUT2D eigenvalue weighted by Crippen LogP contribution is -2.26. The highest BCUT2D eigenvalue weighted by Crippen LogP contribution is 2.29. The number of benzene rings is 1. The molecule has 1 aromatic heterocycles. The summed E-state index contributed by atoms with van der Waals surface area (Å²) in [6.45, 7) is 4.38. The highest BCUT2D eigenvalue weighted by atomic mass is 32.2. The summed E-state index contributed by atoms with van der Waals surface area (Å²) in [5.74, 6) is 7.08. The number of aryl methyl sites for hydroxylation is 1. The summed E-state index contributed by atoms with van der Waals surface area (Å²) >= 11 is 1.52. The predicted octanol–water partition coefficient (Wildman–Crippen LogP) is 3.60. The van der Waals surface area contributed by atoms with Crippen molar-refractivity contribution in [3.05, 3.63) is 80.2 Å². The van der Waals surface area contributed by atoms with Crippen LogP contribution in [0.15, 0.2) is 52.3 Å². The Balaban J connectivity index is 1.47. The van der Waals surface area contributed by atoms with E-state index in [2.05, 4.69) is 17.2 Å².